The molecule has 25 heavy (non-hydrogen) atoms. The zero-order valence-corrected chi connectivity index (χ0v) is 15.8. The molecule has 0 bridgehead atoms. The molecule has 0 spiro atoms. The topological polar surface area (TPSA) is 62.6 Å². The van der Waals surface area contributed by atoms with Crippen LogP contribution in [0, 0.1) is 0 Å². The highest BCUT2D eigenvalue weighted by Crippen LogP contribution is 2.24. The maximum atomic E-state index is 12.8. The van der Waals surface area contributed by atoms with Crippen LogP contribution in [0.5, 0.6) is 0 Å². The number of halogens is 1. The van der Waals surface area contributed by atoms with Gasteiger partial charge in [-0.05, 0) is 52.3 Å². The number of nitrogens with zero attached hydrogens (tertiary/aromatic N) is 1. The lowest BCUT2D eigenvalue weighted by Gasteiger charge is -2.18. The van der Waals surface area contributed by atoms with E-state index in [9.17, 15) is 9.59 Å². The van der Waals surface area contributed by atoms with E-state index in [0.29, 0.717) is 17.8 Å². The molecule has 1 aromatic carbocycles. The number of anilines is 1. The standard InChI is InChI=1S/C18H15BrN2O3S/c1-21(11-12-8-9-16(19)25-12)18(23)13-5-2-3-6-14(13)20-17(22)15-7-4-10-24-15/h2-10H,11H2,1H3,(H,20,22). The number of hydrogen-bond acceptors (Lipinski definition) is 4. The van der Waals surface area contributed by atoms with Crippen LogP contribution in [0.25, 0.3) is 0 Å². The van der Waals surface area contributed by atoms with Crippen molar-refractivity contribution in [1.82, 2.24) is 4.90 Å². The first-order valence-corrected chi connectivity index (χ1v) is 9.09. The molecule has 1 N–H and O–H groups in total. The smallest absolute Gasteiger partial charge is 0.291 e. The third-order valence-corrected chi connectivity index (χ3v) is 5.13. The minimum atomic E-state index is -0.393. The zero-order chi connectivity index (χ0) is 17.8. The van der Waals surface area contributed by atoms with Crippen LogP contribution in [0.3, 0.4) is 0 Å². The van der Waals surface area contributed by atoms with E-state index < -0.39 is 5.91 Å². The molecule has 0 saturated heterocycles. The van der Waals surface area contributed by atoms with Crippen LogP contribution in [-0.4, -0.2) is 23.8 Å². The molecule has 0 aliphatic carbocycles. The van der Waals surface area contributed by atoms with Crippen LogP contribution in [0.4, 0.5) is 5.69 Å². The zero-order valence-electron chi connectivity index (χ0n) is 13.4. The monoisotopic (exact) mass is 418 g/mol. The number of hydrogen-bond donors (Lipinski definition) is 1. The lowest BCUT2D eigenvalue weighted by atomic mass is 10.1. The number of furan rings is 1. The fourth-order valence-corrected chi connectivity index (χ4v) is 3.85. The summed E-state index contributed by atoms with van der Waals surface area (Å²) in [4.78, 5) is 27.7. The second-order valence-electron chi connectivity index (χ2n) is 5.34. The molecular weight excluding hydrogens is 404 g/mol. The summed E-state index contributed by atoms with van der Waals surface area (Å²) in [7, 11) is 1.74. The van der Waals surface area contributed by atoms with E-state index in [1.165, 1.54) is 6.26 Å². The Bertz CT molecular complexity index is 889. The van der Waals surface area contributed by atoms with E-state index in [1.54, 1.807) is 59.7 Å². The molecule has 0 radical (unpaired) electrons. The molecular formula is C18H15BrN2O3S. The van der Waals surface area contributed by atoms with Gasteiger partial charge in [-0.2, -0.15) is 0 Å². The highest BCUT2D eigenvalue weighted by molar-refractivity contribution is 9.11. The molecule has 0 atom stereocenters. The molecule has 0 fully saturated rings. The van der Waals surface area contributed by atoms with E-state index >= 15 is 0 Å². The van der Waals surface area contributed by atoms with Crippen LogP contribution in [0.1, 0.15) is 25.8 Å². The van der Waals surface area contributed by atoms with Crippen molar-refractivity contribution in [3.05, 3.63) is 74.8 Å². The number of rotatable bonds is 5. The molecule has 2 heterocycles. The fraction of sp³-hybridized carbons (Fsp3) is 0.111. The van der Waals surface area contributed by atoms with Crippen LogP contribution >= 0.6 is 27.3 Å². The second kappa shape index (κ2) is 7.67. The van der Waals surface area contributed by atoms with Crippen molar-refractivity contribution < 1.29 is 14.0 Å². The van der Waals surface area contributed by atoms with E-state index in [0.717, 1.165) is 8.66 Å². The summed E-state index contributed by atoms with van der Waals surface area (Å²) in [5, 5.41) is 2.73. The number of carbonyl (C=O) groups is 2. The first-order chi connectivity index (χ1) is 12.0. The lowest BCUT2D eigenvalue weighted by Crippen LogP contribution is -2.27. The molecule has 128 valence electrons. The maximum Gasteiger partial charge on any atom is 0.291 e. The van der Waals surface area contributed by atoms with Gasteiger partial charge in [0.25, 0.3) is 11.8 Å². The van der Waals surface area contributed by atoms with Crippen LogP contribution in [0.15, 0.2) is 63.0 Å². The molecule has 2 amide bonds. The van der Waals surface area contributed by atoms with Crippen molar-refractivity contribution in [2.45, 2.75) is 6.54 Å². The third-order valence-electron chi connectivity index (χ3n) is 3.52. The minimum Gasteiger partial charge on any atom is -0.459 e. The number of thiophene rings is 1. The number of nitrogens with one attached hydrogen (secondary N) is 1. The predicted molar refractivity (Wildman–Crippen MR) is 101 cm³/mol. The largest absolute Gasteiger partial charge is 0.459 e. The summed E-state index contributed by atoms with van der Waals surface area (Å²) in [6, 6.07) is 14.1. The van der Waals surface area contributed by atoms with Gasteiger partial charge in [0.2, 0.25) is 0 Å². The normalized spacial score (nSPS) is 10.5. The summed E-state index contributed by atoms with van der Waals surface area (Å²) in [5.74, 6) is -0.367. The van der Waals surface area contributed by atoms with Gasteiger partial charge in [-0.25, -0.2) is 0 Å². The third kappa shape index (κ3) is 4.18. The molecule has 2 aromatic heterocycles. The van der Waals surface area contributed by atoms with E-state index in [4.69, 9.17) is 4.42 Å². The molecule has 7 heteroatoms. The van der Waals surface area contributed by atoms with Crippen LogP contribution in [0.2, 0.25) is 0 Å². The maximum absolute atomic E-state index is 12.8. The number of benzene rings is 1. The summed E-state index contributed by atoms with van der Waals surface area (Å²) >= 11 is 5.00. The number of amides is 2. The fourth-order valence-electron chi connectivity index (χ4n) is 2.32. The van der Waals surface area contributed by atoms with Gasteiger partial charge in [0.05, 0.1) is 27.8 Å². The van der Waals surface area contributed by atoms with Gasteiger partial charge >= 0.3 is 0 Å². The van der Waals surface area contributed by atoms with Gasteiger partial charge in [-0.1, -0.05) is 12.1 Å². The molecule has 0 unspecified atom stereocenters. The quantitative estimate of drug-likeness (QED) is 0.656. The summed E-state index contributed by atoms with van der Waals surface area (Å²) in [6.07, 6.45) is 1.43. The van der Waals surface area contributed by atoms with Crippen molar-refractivity contribution in [2.24, 2.45) is 0 Å². The lowest BCUT2D eigenvalue weighted by molar-refractivity contribution is 0.0787. The minimum absolute atomic E-state index is 0.167. The molecule has 0 aliphatic rings. The Hall–Kier alpha value is -2.38. The average Bonchev–Trinajstić information content (AvgIpc) is 3.26. The van der Waals surface area contributed by atoms with Gasteiger partial charge in [0.1, 0.15) is 0 Å². The van der Waals surface area contributed by atoms with Gasteiger partial charge < -0.3 is 14.6 Å². The van der Waals surface area contributed by atoms with Crippen molar-refractivity contribution in [3.8, 4) is 0 Å². The van der Waals surface area contributed by atoms with Gasteiger partial charge in [-0.3, -0.25) is 9.59 Å². The highest BCUT2D eigenvalue weighted by Gasteiger charge is 2.18. The Labute approximate surface area is 157 Å². The second-order valence-corrected chi connectivity index (χ2v) is 7.89. The van der Waals surface area contributed by atoms with Gasteiger partial charge in [-0.15, -0.1) is 11.3 Å². The summed E-state index contributed by atoms with van der Waals surface area (Å²) < 4.78 is 6.11. The van der Waals surface area contributed by atoms with E-state index in [2.05, 4.69) is 21.2 Å². The molecule has 0 saturated carbocycles. The Morgan fingerprint density at radius 1 is 1.16 bits per heavy atom. The van der Waals surface area contributed by atoms with Gasteiger partial charge in [0.15, 0.2) is 5.76 Å². The van der Waals surface area contributed by atoms with Crippen molar-refractivity contribution in [3.63, 3.8) is 0 Å². The molecule has 0 aliphatic heterocycles. The Morgan fingerprint density at radius 2 is 1.96 bits per heavy atom. The Balaban J connectivity index is 1.77. The molecule has 3 rings (SSSR count). The first-order valence-electron chi connectivity index (χ1n) is 7.48. The van der Waals surface area contributed by atoms with Crippen LogP contribution in [-0.2, 0) is 6.54 Å². The van der Waals surface area contributed by atoms with E-state index in [-0.39, 0.29) is 11.7 Å². The highest BCUT2D eigenvalue weighted by atomic mass is 79.9. The average molecular weight is 419 g/mol. The van der Waals surface area contributed by atoms with Gasteiger partial charge in [0, 0.05) is 11.9 Å². The Kier molecular flexibility index (Phi) is 5.35. The molecule has 3 aromatic rings. The predicted octanol–water partition coefficient (Wildman–Crippen LogP) is 4.63. The van der Waals surface area contributed by atoms with Crippen molar-refractivity contribution >= 4 is 44.8 Å². The van der Waals surface area contributed by atoms with Crippen LogP contribution < -0.4 is 5.32 Å². The molecule has 5 nitrogen and oxygen atoms in total. The SMILES string of the molecule is CN(Cc1ccc(Br)s1)C(=O)c1ccccc1NC(=O)c1ccco1. The summed E-state index contributed by atoms with van der Waals surface area (Å²) in [5.41, 5.74) is 0.883. The Morgan fingerprint density at radius 3 is 2.64 bits per heavy atom. The first kappa shape index (κ1) is 17.4. The van der Waals surface area contributed by atoms with E-state index in [1.807, 2.05) is 12.1 Å². The number of para-hydroxylation sites is 1. The summed E-state index contributed by atoms with van der Waals surface area (Å²) in [6.45, 7) is 0.496. The van der Waals surface area contributed by atoms with Crippen molar-refractivity contribution in [2.75, 3.05) is 12.4 Å². The number of carbonyl (C=O) groups excluding carboxylic acids is 2. The van der Waals surface area contributed by atoms with Crippen molar-refractivity contribution in [1.29, 1.82) is 0 Å².